The Bertz CT molecular complexity index is 974. The van der Waals surface area contributed by atoms with Crippen LogP contribution in [0.25, 0.3) is 0 Å². The van der Waals surface area contributed by atoms with Crippen LogP contribution in [-0.4, -0.2) is 23.9 Å². The maximum absolute atomic E-state index is 12.3. The molecular formula is C23H20F3NO4. The van der Waals surface area contributed by atoms with Gasteiger partial charge in [0.15, 0.2) is 0 Å². The fraction of sp³-hybridized carbons (Fsp3) is 0.174. The van der Waals surface area contributed by atoms with Crippen molar-refractivity contribution in [3.05, 3.63) is 95.6 Å². The maximum Gasteiger partial charge on any atom is 0.573 e. The number of aliphatic hydroxyl groups is 1. The molecule has 0 saturated carbocycles. The van der Waals surface area contributed by atoms with E-state index in [0.717, 1.165) is 23.4 Å². The average molecular weight is 431 g/mol. The first-order valence-corrected chi connectivity index (χ1v) is 9.39. The van der Waals surface area contributed by atoms with Gasteiger partial charge < -0.3 is 19.9 Å². The second-order valence-corrected chi connectivity index (χ2v) is 6.64. The summed E-state index contributed by atoms with van der Waals surface area (Å²) in [5.41, 5.74) is 1.65. The predicted octanol–water partition coefficient (Wildman–Crippen LogP) is 4.63. The molecule has 0 bridgehead atoms. The lowest BCUT2D eigenvalue weighted by molar-refractivity contribution is -0.274. The Balaban J connectivity index is 1.48. The minimum Gasteiger partial charge on any atom is -0.489 e. The molecule has 162 valence electrons. The quantitative estimate of drug-likeness (QED) is 0.546. The van der Waals surface area contributed by atoms with E-state index >= 15 is 0 Å². The number of para-hydroxylation sites is 1. The van der Waals surface area contributed by atoms with E-state index in [2.05, 4.69) is 10.1 Å². The summed E-state index contributed by atoms with van der Waals surface area (Å²) in [5, 5.41) is 12.8. The van der Waals surface area contributed by atoms with Crippen molar-refractivity contribution in [3.8, 4) is 11.5 Å². The van der Waals surface area contributed by atoms with Gasteiger partial charge in [0.25, 0.3) is 5.91 Å². The Hall–Kier alpha value is -3.52. The summed E-state index contributed by atoms with van der Waals surface area (Å²) in [7, 11) is 0. The molecule has 0 aliphatic rings. The van der Waals surface area contributed by atoms with Crippen molar-refractivity contribution in [1.29, 1.82) is 0 Å². The Morgan fingerprint density at radius 2 is 1.55 bits per heavy atom. The van der Waals surface area contributed by atoms with E-state index in [1.54, 1.807) is 24.3 Å². The fourth-order valence-corrected chi connectivity index (χ4v) is 2.74. The Kier molecular flexibility index (Phi) is 7.15. The number of nitrogens with one attached hydrogen (secondary N) is 1. The molecule has 1 atom stereocenters. The third-order valence-corrected chi connectivity index (χ3v) is 4.32. The number of carbonyl (C=O) groups excluding carboxylic acids is 1. The Labute approximate surface area is 177 Å². The van der Waals surface area contributed by atoms with Gasteiger partial charge in [-0.1, -0.05) is 42.5 Å². The van der Waals surface area contributed by atoms with Crippen LogP contribution in [0.1, 0.15) is 27.6 Å². The van der Waals surface area contributed by atoms with Gasteiger partial charge >= 0.3 is 6.36 Å². The zero-order chi connectivity index (χ0) is 22.3. The van der Waals surface area contributed by atoms with Crippen LogP contribution in [0, 0.1) is 0 Å². The van der Waals surface area contributed by atoms with E-state index in [1.807, 2.05) is 30.3 Å². The van der Waals surface area contributed by atoms with Crippen LogP contribution >= 0.6 is 0 Å². The first-order valence-electron chi connectivity index (χ1n) is 9.39. The summed E-state index contributed by atoms with van der Waals surface area (Å²) >= 11 is 0. The van der Waals surface area contributed by atoms with Gasteiger partial charge in [-0.25, -0.2) is 0 Å². The molecule has 8 heteroatoms. The average Bonchev–Trinajstić information content (AvgIpc) is 2.76. The molecule has 0 fully saturated rings. The molecule has 0 aliphatic carbocycles. The number of amides is 1. The number of carbonyl (C=O) groups is 1. The fourth-order valence-electron chi connectivity index (χ4n) is 2.74. The van der Waals surface area contributed by atoms with Gasteiger partial charge in [0, 0.05) is 12.1 Å². The highest BCUT2D eigenvalue weighted by Crippen LogP contribution is 2.24. The van der Waals surface area contributed by atoms with Gasteiger partial charge in [-0.15, -0.1) is 13.2 Å². The Morgan fingerprint density at radius 3 is 2.16 bits per heavy atom. The molecule has 0 aliphatic heterocycles. The number of rotatable bonds is 8. The van der Waals surface area contributed by atoms with E-state index < -0.39 is 12.5 Å². The van der Waals surface area contributed by atoms with Crippen molar-refractivity contribution in [1.82, 2.24) is 5.32 Å². The molecule has 0 saturated heterocycles. The van der Waals surface area contributed by atoms with Crippen LogP contribution in [0.4, 0.5) is 13.2 Å². The van der Waals surface area contributed by atoms with Crippen molar-refractivity contribution in [3.63, 3.8) is 0 Å². The number of alkyl halides is 3. The Morgan fingerprint density at radius 1 is 0.903 bits per heavy atom. The molecule has 3 aromatic carbocycles. The summed E-state index contributed by atoms with van der Waals surface area (Å²) in [6, 6.07) is 21.0. The van der Waals surface area contributed by atoms with E-state index in [0.29, 0.717) is 17.7 Å². The summed E-state index contributed by atoms with van der Waals surface area (Å²) < 4.78 is 46.0. The lowest BCUT2D eigenvalue weighted by Gasteiger charge is -2.14. The van der Waals surface area contributed by atoms with Crippen LogP contribution in [0.2, 0.25) is 0 Å². The van der Waals surface area contributed by atoms with Crippen molar-refractivity contribution in [2.45, 2.75) is 19.1 Å². The summed E-state index contributed by atoms with van der Waals surface area (Å²) in [5.74, 6) is -0.0215. The summed E-state index contributed by atoms with van der Waals surface area (Å²) in [6.07, 6.45) is -5.86. The highest BCUT2D eigenvalue weighted by molar-refractivity contribution is 5.94. The van der Waals surface area contributed by atoms with Crippen LogP contribution in [-0.2, 0) is 6.61 Å². The number of halogens is 3. The molecule has 0 spiro atoms. The minimum absolute atomic E-state index is 0.100. The predicted molar refractivity (Wildman–Crippen MR) is 108 cm³/mol. The number of aliphatic hydroxyl groups excluding tert-OH is 1. The molecule has 1 amide bonds. The minimum atomic E-state index is -4.78. The second-order valence-electron chi connectivity index (χ2n) is 6.64. The van der Waals surface area contributed by atoms with Gasteiger partial charge in [0.05, 0.1) is 6.10 Å². The second kappa shape index (κ2) is 9.99. The number of benzene rings is 3. The molecule has 31 heavy (non-hydrogen) atoms. The molecule has 0 radical (unpaired) electrons. The standard InChI is InChI=1S/C23H20F3NO4/c24-23(25,26)31-20-12-10-17(11-13-20)21(28)14-27-22(29)18-8-6-16(7-9-18)15-30-19-4-2-1-3-5-19/h1-13,21,28H,14-15H2,(H,27,29). The van der Waals surface area contributed by atoms with Crippen LogP contribution in [0.5, 0.6) is 11.5 Å². The smallest absolute Gasteiger partial charge is 0.489 e. The van der Waals surface area contributed by atoms with E-state index in [-0.39, 0.29) is 18.2 Å². The van der Waals surface area contributed by atoms with E-state index in [4.69, 9.17) is 4.74 Å². The van der Waals surface area contributed by atoms with Crippen LogP contribution in [0.15, 0.2) is 78.9 Å². The van der Waals surface area contributed by atoms with Gasteiger partial charge in [0.2, 0.25) is 0 Å². The number of ether oxygens (including phenoxy) is 2. The topological polar surface area (TPSA) is 67.8 Å². The molecule has 1 unspecified atom stereocenters. The molecule has 0 heterocycles. The normalized spacial score (nSPS) is 12.1. The molecular weight excluding hydrogens is 411 g/mol. The van der Waals surface area contributed by atoms with Crippen LogP contribution < -0.4 is 14.8 Å². The molecule has 2 N–H and O–H groups in total. The largest absolute Gasteiger partial charge is 0.573 e. The van der Waals surface area contributed by atoms with Gasteiger partial charge in [-0.3, -0.25) is 4.79 Å². The zero-order valence-electron chi connectivity index (χ0n) is 16.3. The summed E-state index contributed by atoms with van der Waals surface area (Å²) in [6.45, 7) is 0.260. The molecule has 5 nitrogen and oxygen atoms in total. The van der Waals surface area contributed by atoms with Gasteiger partial charge in [-0.2, -0.15) is 0 Å². The SMILES string of the molecule is O=C(NCC(O)c1ccc(OC(F)(F)F)cc1)c1ccc(COc2ccccc2)cc1. The number of hydrogen-bond acceptors (Lipinski definition) is 4. The third kappa shape index (κ3) is 7.04. The van der Waals surface area contributed by atoms with Crippen molar-refractivity contribution in [2.24, 2.45) is 0 Å². The van der Waals surface area contributed by atoms with E-state index in [1.165, 1.54) is 12.1 Å². The first-order chi connectivity index (χ1) is 14.8. The monoisotopic (exact) mass is 431 g/mol. The highest BCUT2D eigenvalue weighted by atomic mass is 19.4. The van der Waals surface area contributed by atoms with Crippen molar-refractivity contribution < 1.29 is 32.5 Å². The maximum atomic E-state index is 12.3. The third-order valence-electron chi connectivity index (χ3n) is 4.32. The molecule has 3 rings (SSSR count). The number of hydrogen-bond donors (Lipinski definition) is 2. The van der Waals surface area contributed by atoms with Gasteiger partial charge in [-0.05, 0) is 47.5 Å². The van der Waals surface area contributed by atoms with Crippen molar-refractivity contribution in [2.75, 3.05) is 6.54 Å². The van der Waals surface area contributed by atoms with Crippen molar-refractivity contribution >= 4 is 5.91 Å². The molecule has 0 aromatic heterocycles. The lowest BCUT2D eigenvalue weighted by Crippen LogP contribution is -2.28. The first kappa shape index (κ1) is 22.2. The van der Waals surface area contributed by atoms with Gasteiger partial charge in [0.1, 0.15) is 18.1 Å². The highest BCUT2D eigenvalue weighted by Gasteiger charge is 2.31. The van der Waals surface area contributed by atoms with E-state index in [9.17, 15) is 23.1 Å². The lowest BCUT2D eigenvalue weighted by atomic mass is 10.1. The summed E-state index contributed by atoms with van der Waals surface area (Å²) in [4.78, 5) is 12.3. The zero-order valence-corrected chi connectivity index (χ0v) is 16.3. The van der Waals surface area contributed by atoms with Crippen LogP contribution in [0.3, 0.4) is 0 Å². The molecule has 3 aromatic rings.